The third-order valence-corrected chi connectivity index (χ3v) is 2.91. The molecule has 1 fully saturated rings. The zero-order valence-corrected chi connectivity index (χ0v) is 10.3. The SMILES string of the molecule is COc1ccc(OCC(=O)NC2CC(O)C2)cc1. The summed E-state index contributed by atoms with van der Waals surface area (Å²) in [6, 6.07) is 7.13. The molecule has 0 heterocycles. The van der Waals surface area contributed by atoms with Crippen LogP contribution in [0.3, 0.4) is 0 Å². The summed E-state index contributed by atoms with van der Waals surface area (Å²) in [4.78, 5) is 11.5. The molecule has 0 spiro atoms. The Morgan fingerprint density at radius 2 is 1.94 bits per heavy atom. The molecule has 2 N–H and O–H groups in total. The Kier molecular flexibility index (Phi) is 4.04. The minimum absolute atomic E-state index is 0.0150. The largest absolute Gasteiger partial charge is 0.497 e. The van der Waals surface area contributed by atoms with Gasteiger partial charge in [0.2, 0.25) is 0 Å². The van der Waals surface area contributed by atoms with Gasteiger partial charge in [0.15, 0.2) is 6.61 Å². The third-order valence-electron chi connectivity index (χ3n) is 2.91. The molecule has 98 valence electrons. The van der Waals surface area contributed by atoms with Gasteiger partial charge in [-0.15, -0.1) is 0 Å². The predicted molar refractivity (Wildman–Crippen MR) is 65.7 cm³/mol. The Balaban J connectivity index is 1.71. The van der Waals surface area contributed by atoms with E-state index >= 15 is 0 Å². The summed E-state index contributed by atoms with van der Waals surface area (Å²) in [6.45, 7) is -0.0150. The van der Waals surface area contributed by atoms with E-state index in [1.807, 2.05) is 0 Å². The molecular formula is C13H17NO4. The van der Waals surface area contributed by atoms with Crippen LogP contribution in [-0.4, -0.2) is 36.9 Å². The maximum Gasteiger partial charge on any atom is 0.258 e. The lowest BCUT2D eigenvalue weighted by atomic mass is 9.89. The van der Waals surface area contributed by atoms with Gasteiger partial charge >= 0.3 is 0 Å². The molecule has 0 aliphatic heterocycles. The molecule has 18 heavy (non-hydrogen) atoms. The van der Waals surface area contributed by atoms with E-state index in [-0.39, 0.29) is 24.7 Å². The minimum Gasteiger partial charge on any atom is -0.497 e. The smallest absolute Gasteiger partial charge is 0.258 e. The molecule has 2 rings (SSSR count). The molecular weight excluding hydrogens is 234 g/mol. The molecule has 0 saturated heterocycles. The highest BCUT2D eigenvalue weighted by atomic mass is 16.5. The van der Waals surface area contributed by atoms with Crippen molar-refractivity contribution in [3.05, 3.63) is 24.3 Å². The second kappa shape index (κ2) is 5.73. The Hall–Kier alpha value is -1.75. The fourth-order valence-corrected chi connectivity index (χ4v) is 1.80. The fraction of sp³-hybridized carbons (Fsp3) is 0.462. The summed E-state index contributed by atoms with van der Waals surface area (Å²) in [5.41, 5.74) is 0. The first-order valence-electron chi connectivity index (χ1n) is 5.91. The van der Waals surface area contributed by atoms with Crippen LogP contribution in [0.2, 0.25) is 0 Å². The number of carbonyl (C=O) groups is 1. The van der Waals surface area contributed by atoms with Crippen molar-refractivity contribution >= 4 is 5.91 Å². The molecule has 1 aliphatic rings. The highest BCUT2D eigenvalue weighted by molar-refractivity contribution is 5.78. The minimum atomic E-state index is -0.266. The lowest BCUT2D eigenvalue weighted by molar-refractivity contribution is -0.125. The maximum absolute atomic E-state index is 11.5. The second-order valence-corrected chi connectivity index (χ2v) is 4.35. The van der Waals surface area contributed by atoms with Crippen LogP contribution in [0.5, 0.6) is 11.5 Å². The van der Waals surface area contributed by atoms with Crippen molar-refractivity contribution < 1.29 is 19.4 Å². The molecule has 0 radical (unpaired) electrons. The number of hydrogen-bond acceptors (Lipinski definition) is 4. The van der Waals surface area contributed by atoms with Crippen molar-refractivity contribution in [1.82, 2.24) is 5.32 Å². The first kappa shape index (κ1) is 12.7. The molecule has 5 nitrogen and oxygen atoms in total. The second-order valence-electron chi connectivity index (χ2n) is 4.35. The van der Waals surface area contributed by atoms with Crippen LogP contribution in [0.1, 0.15) is 12.8 Å². The first-order chi connectivity index (χ1) is 8.67. The Morgan fingerprint density at radius 3 is 2.50 bits per heavy atom. The van der Waals surface area contributed by atoms with E-state index in [0.29, 0.717) is 18.6 Å². The summed E-state index contributed by atoms with van der Waals surface area (Å²) in [6.07, 6.45) is 1.00. The molecule has 1 amide bonds. The number of methoxy groups -OCH3 is 1. The molecule has 1 aliphatic carbocycles. The number of rotatable bonds is 5. The van der Waals surface area contributed by atoms with Gasteiger partial charge in [0.1, 0.15) is 11.5 Å². The Morgan fingerprint density at radius 1 is 1.33 bits per heavy atom. The van der Waals surface area contributed by atoms with E-state index < -0.39 is 0 Å². The monoisotopic (exact) mass is 251 g/mol. The highest BCUT2D eigenvalue weighted by Crippen LogP contribution is 2.19. The number of carbonyl (C=O) groups excluding carboxylic acids is 1. The van der Waals surface area contributed by atoms with Crippen molar-refractivity contribution in [3.8, 4) is 11.5 Å². The Labute approximate surface area is 106 Å². The van der Waals surface area contributed by atoms with E-state index in [1.165, 1.54) is 0 Å². The highest BCUT2D eigenvalue weighted by Gasteiger charge is 2.28. The molecule has 1 aromatic carbocycles. The topological polar surface area (TPSA) is 67.8 Å². The van der Waals surface area contributed by atoms with Gasteiger partial charge in [0.25, 0.3) is 5.91 Å². The van der Waals surface area contributed by atoms with Crippen LogP contribution in [-0.2, 0) is 4.79 Å². The van der Waals surface area contributed by atoms with Gasteiger partial charge in [0, 0.05) is 6.04 Å². The average molecular weight is 251 g/mol. The van der Waals surface area contributed by atoms with Crippen LogP contribution in [0, 0.1) is 0 Å². The van der Waals surface area contributed by atoms with Gasteiger partial charge in [-0.3, -0.25) is 4.79 Å². The Bertz CT molecular complexity index is 398. The summed E-state index contributed by atoms with van der Waals surface area (Å²) >= 11 is 0. The number of nitrogens with one attached hydrogen (secondary N) is 1. The number of benzene rings is 1. The average Bonchev–Trinajstić information content (AvgIpc) is 2.35. The van der Waals surface area contributed by atoms with Crippen molar-refractivity contribution in [3.63, 3.8) is 0 Å². The van der Waals surface area contributed by atoms with Gasteiger partial charge in [-0.2, -0.15) is 0 Å². The quantitative estimate of drug-likeness (QED) is 0.809. The van der Waals surface area contributed by atoms with Crippen LogP contribution in [0.4, 0.5) is 0 Å². The van der Waals surface area contributed by atoms with Crippen molar-refractivity contribution in [2.45, 2.75) is 25.0 Å². The number of aliphatic hydroxyl groups is 1. The van der Waals surface area contributed by atoms with Crippen molar-refractivity contribution in [2.24, 2.45) is 0 Å². The predicted octanol–water partition coefficient (Wildman–Crippen LogP) is 0.713. The van der Waals surface area contributed by atoms with Crippen molar-refractivity contribution in [2.75, 3.05) is 13.7 Å². The van der Waals surface area contributed by atoms with Crippen LogP contribution in [0.15, 0.2) is 24.3 Å². The zero-order valence-electron chi connectivity index (χ0n) is 10.3. The van der Waals surface area contributed by atoms with Crippen molar-refractivity contribution in [1.29, 1.82) is 0 Å². The molecule has 1 aromatic rings. The van der Waals surface area contributed by atoms with Crippen LogP contribution < -0.4 is 14.8 Å². The first-order valence-corrected chi connectivity index (χ1v) is 5.91. The van der Waals surface area contributed by atoms with Crippen LogP contribution in [0.25, 0.3) is 0 Å². The lowest BCUT2D eigenvalue weighted by Crippen LogP contribution is -2.48. The van der Waals surface area contributed by atoms with E-state index in [4.69, 9.17) is 14.6 Å². The number of ether oxygens (including phenoxy) is 2. The van der Waals surface area contributed by atoms with Gasteiger partial charge < -0.3 is 19.9 Å². The summed E-state index contributed by atoms with van der Waals surface area (Å²) in [5, 5.41) is 11.9. The lowest BCUT2D eigenvalue weighted by Gasteiger charge is -2.31. The third kappa shape index (κ3) is 3.37. The molecule has 0 unspecified atom stereocenters. The molecule has 0 atom stereocenters. The fourth-order valence-electron chi connectivity index (χ4n) is 1.80. The van der Waals surface area contributed by atoms with Gasteiger partial charge in [-0.25, -0.2) is 0 Å². The molecule has 1 saturated carbocycles. The molecule has 0 aromatic heterocycles. The maximum atomic E-state index is 11.5. The normalized spacial score (nSPS) is 21.9. The standard InChI is InChI=1S/C13H17NO4/c1-17-11-2-4-12(5-3-11)18-8-13(16)14-9-6-10(15)7-9/h2-5,9-10,15H,6-8H2,1H3,(H,14,16). The summed E-state index contributed by atoms with van der Waals surface area (Å²) < 4.78 is 10.4. The van der Waals surface area contributed by atoms with Gasteiger partial charge in [-0.05, 0) is 37.1 Å². The number of amides is 1. The van der Waals surface area contributed by atoms with Gasteiger partial charge in [0.05, 0.1) is 13.2 Å². The number of aliphatic hydroxyl groups excluding tert-OH is 1. The molecule has 5 heteroatoms. The summed E-state index contributed by atoms with van der Waals surface area (Å²) in [7, 11) is 1.59. The number of hydrogen-bond donors (Lipinski definition) is 2. The summed E-state index contributed by atoms with van der Waals surface area (Å²) in [5.74, 6) is 1.21. The molecule has 0 bridgehead atoms. The van der Waals surface area contributed by atoms with Gasteiger partial charge in [-0.1, -0.05) is 0 Å². The van der Waals surface area contributed by atoms with Crippen LogP contribution >= 0.6 is 0 Å². The van der Waals surface area contributed by atoms with E-state index in [1.54, 1.807) is 31.4 Å². The van der Waals surface area contributed by atoms with E-state index in [2.05, 4.69) is 5.32 Å². The zero-order chi connectivity index (χ0) is 13.0. The van der Waals surface area contributed by atoms with E-state index in [0.717, 1.165) is 5.75 Å². The van der Waals surface area contributed by atoms with E-state index in [9.17, 15) is 4.79 Å².